The van der Waals surface area contributed by atoms with Crippen LogP contribution in [-0.2, 0) is 19.1 Å². The van der Waals surface area contributed by atoms with Crippen molar-refractivity contribution in [2.45, 2.75) is 6.42 Å². The summed E-state index contributed by atoms with van der Waals surface area (Å²) in [6, 6.07) is 19.2. The SMILES string of the molecule is COc1ccc(Oc2ccc(N3C[C@@H](C(=O)OCC(=O)Nc4ccc(Br)cc4Cl)CC3=O)cc2)cc1. The van der Waals surface area contributed by atoms with Gasteiger partial charge >= 0.3 is 5.97 Å². The predicted octanol–water partition coefficient (Wildman–Crippen LogP) is 5.44. The summed E-state index contributed by atoms with van der Waals surface area (Å²) in [5.41, 5.74) is 1.04. The molecular formula is C26H22BrClN2O6. The number of rotatable bonds is 8. The van der Waals surface area contributed by atoms with Crippen LogP contribution in [0.2, 0.25) is 5.02 Å². The maximum absolute atomic E-state index is 12.5. The third-order valence-electron chi connectivity index (χ3n) is 5.45. The van der Waals surface area contributed by atoms with Crippen LogP contribution in [0.1, 0.15) is 6.42 Å². The van der Waals surface area contributed by atoms with Crippen molar-refractivity contribution < 1.29 is 28.6 Å². The summed E-state index contributed by atoms with van der Waals surface area (Å²) in [6.07, 6.45) is 0.00307. The summed E-state index contributed by atoms with van der Waals surface area (Å²) in [7, 11) is 1.59. The van der Waals surface area contributed by atoms with Crippen molar-refractivity contribution in [3.8, 4) is 17.2 Å². The number of methoxy groups -OCH3 is 1. The monoisotopic (exact) mass is 572 g/mol. The predicted molar refractivity (Wildman–Crippen MR) is 139 cm³/mol. The summed E-state index contributed by atoms with van der Waals surface area (Å²) in [6.45, 7) is -0.316. The second kappa shape index (κ2) is 11.5. The van der Waals surface area contributed by atoms with Gasteiger partial charge in [-0.2, -0.15) is 0 Å². The van der Waals surface area contributed by atoms with Gasteiger partial charge in [0.15, 0.2) is 6.61 Å². The van der Waals surface area contributed by atoms with E-state index in [-0.39, 0.29) is 18.9 Å². The number of carbonyl (C=O) groups is 3. The molecule has 4 rings (SSSR count). The van der Waals surface area contributed by atoms with Gasteiger partial charge in [-0.25, -0.2) is 0 Å². The van der Waals surface area contributed by atoms with E-state index in [9.17, 15) is 14.4 Å². The van der Waals surface area contributed by atoms with Crippen molar-refractivity contribution in [3.63, 3.8) is 0 Å². The Kier molecular flexibility index (Phi) is 8.12. The number of hydrogen-bond acceptors (Lipinski definition) is 6. The van der Waals surface area contributed by atoms with Crippen molar-refractivity contribution in [2.75, 3.05) is 30.5 Å². The molecule has 3 aromatic rings. The van der Waals surface area contributed by atoms with Crippen molar-refractivity contribution >= 4 is 56.7 Å². The summed E-state index contributed by atoms with van der Waals surface area (Å²) in [4.78, 5) is 38.7. The molecule has 8 nitrogen and oxygen atoms in total. The fourth-order valence-electron chi connectivity index (χ4n) is 3.62. The molecule has 2 amide bonds. The van der Waals surface area contributed by atoms with Gasteiger partial charge in [0.1, 0.15) is 17.2 Å². The Labute approximate surface area is 221 Å². The molecule has 1 fully saturated rings. The van der Waals surface area contributed by atoms with E-state index in [1.165, 1.54) is 4.90 Å². The first-order valence-corrected chi connectivity index (χ1v) is 12.1. The smallest absolute Gasteiger partial charge is 0.311 e. The fraction of sp³-hybridized carbons (Fsp3) is 0.192. The van der Waals surface area contributed by atoms with Gasteiger partial charge in [-0.3, -0.25) is 14.4 Å². The highest BCUT2D eigenvalue weighted by molar-refractivity contribution is 9.10. The quantitative estimate of drug-likeness (QED) is 0.361. The third-order valence-corrected chi connectivity index (χ3v) is 6.26. The molecule has 0 radical (unpaired) electrons. The molecule has 36 heavy (non-hydrogen) atoms. The Morgan fingerprint density at radius 2 is 1.67 bits per heavy atom. The van der Waals surface area contributed by atoms with Crippen molar-refractivity contribution in [2.24, 2.45) is 5.92 Å². The van der Waals surface area contributed by atoms with Crippen LogP contribution in [0.25, 0.3) is 0 Å². The van der Waals surface area contributed by atoms with Crippen LogP contribution < -0.4 is 19.7 Å². The minimum Gasteiger partial charge on any atom is -0.497 e. The fourth-order valence-corrected chi connectivity index (χ4v) is 4.34. The molecule has 1 aliphatic heterocycles. The lowest BCUT2D eigenvalue weighted by Gasteiger charge is -2.17. The van der Waals surface area contributed by atoms with Gasteiger partial charge in [-0.15, -0.1) is 0 Å². The molecule has 0 spiro atoms. The van der Waals surface area contributed by atoms with E-state index in [4.69, 9.17) is 25.8 Å². The number of nitrogens with zero attached hydrogens (tertiary/aromatic N) is 1. The standard InChI is InChI=1S/C26H22BrClN2O6/c1-34-19-7-9-21(10-8-19)36-20-5-3-18(4-6-20)30-14-16(12-25(30)32)26(33)35-15-24(31)29-23-11-2-17(27)13-22(23)28/h2-11,13,16H,12,14-15H2,1H3,(H,29,31)/t16-/m0/s1. The van der Waals surface area contributed by atoms with E-state index in [2.05, 4.69) is 21.2 Å². The second-order valence-corrected chi connectivity index (χ2v) is 9.28. The molecule has 186 valence electrons. The molecule has 1 saturated heterocycles. The lowest BCUT2D eigenvalue weighted by Crippen LogP contribution is -2.28. The molecule has 1 heterocycles. The van der Waals surface area contributed by atoms with Crippen molar-refractivity contribution in [1.82, 2.24) is 0 Å². The molecule has 0 unspecified atom stereocenters. The summed E-state index contributed by atoms with van der Waals surface area (Å²) in [5, 5.41) is 2.94. The van der Waals surface area contributed by atoms with Crippen molar-refractivity contribution in [3.05, 3.63) is 76.2 Å². The highest BCUT2D eigenvalue weighted by atomic mass is 79.9. The molecule has 0 aromatic heterocycles. The number of ether oxygens (including phenoxy) is 3. The minimum absolute atomic E-state index is 0.00307. The lowest BCUT2D eigenvalue weighted by molar-refractivity contribution is -0.151. The number of nitrogens with one attached hydrogen (secondary N) is 1. The third kappa shape index (κ3) is 6.35. The molecule has 3 aromatic carbocycles. The Hall–Kier alpha value is -3.56. The molecule has 1 N–H and O–H groups in total. The van der Waals surface area contributed by atoms with Crippen LogP contribution in [0.15, 0.2) is 71.2 Å². The van der Waals surface area contributed by atoms with E-state index < -0.39 is 24.4 Å². The zero-order valence-corrected chi connectivity index (χ0v) is 21.5. The van der Waals surface area contributed by atoms with Crippen LogP contribution in [0.4, 0.5) is 11.4 Å². The van der Waals surface area contributed by atoms with Gasteiger partial charge in [0, 0.05) is 23.1 Å². The van der Waals surface area contributed by atoms with Crippen LogP contribution in [-0.4, -0.2) is 38.0 Å². The number of anilines is 2. The van der Waals surface area contributed by atoms with E-state index in [1.54, 1.807) is 73.8 Å². The second-order valence-electron chi connectivity index (χ2n) is 7.96. The highest BCUT2D eigenvalue weighted by Gasteiger charge is 2.36. The Morgan fingerprint density at radius 1 is 1.03 bits per heavy atom. The van der Waals surface area contributed by atoms with Gasteiger partial charge in [-0.1, -0.05) is 27.5 Å². The zero-order valence-electron chi connectivity index (χ0n) is 19.2. The molecular weight excluding hydrogens is 552 g/mol. The van der Waals surface area contributed by atoms with E-state index in [1.807, 2.05) is 0 Å². The summed E-state index contributed by atoms with van der Waals surface area (Å²) < 4.78 is 16.9. The van der Waals surface area contributed by atoms with Gasteiger partial charge in [0.25, 0.3) is 5.91 Å². The maximum atomic E-state index is 12.5. The van der Waals surface area contributed by atoms with E-state index in [0.29, 0.717) is 27.9 Å². The van der Waals surface area contributed by atoms with Crippen LogP contribution >= 0.6 is 27.5 Å². The zero-order chi connectivity index (χ0) is 25.7. The van der Waals surface area contributed by atoms with Gasteiger partial charge in [-0.05, 0) is 66.7 Å². The van der Waals surface area contributed by atoms with Gasteiger partial charge < -0.3 is 24.4 Å². The first-order valence-electron chi connectivity index (χ1n) is 11.0. The molecule has 1 atom stereocenters. The molecule has 10 heteroatoms. The molecule has 0 bridgehead atoms. The number of hydrogen-bond donors (Lipinski definition) is 1. The maximum Gasteiger partial charge on any atom is 0.311 e. The average molecular weight is 574 g/mol. The first kappa shape index (κ1) is 25.5. The summed E-state index contributed by atoms with van der Waals surface area (Å²) in [5.74, 6) is -0.0290. The normalized spacial score (nSPS) is 14.9. The number of amides is 2. The van der Waals surface area contributed by atoms with Crippen molar-refractivity contribution in [1.29, 1.82) is 0 Å². The molecule has 1 aliphatic rings. The first-order chi connectivity index (χ1) is 17.3. The van der Waals surface area contributed by atoms with Gasteiger partial charge in [0.05, 0.1) is 23.7 Å². The molecule has 0 aliphatic carbocycles. The van der Waals surface area contributed by atoms with Crippen LogP contribution in [0.5, 0.6) is 17.2 Å². The summed E-state index contributed by atoms with van der Waals surface area (Å²) >= 11 is 9.37. The minimum atomic E-state index is -0.670. The van der Waals surface area contributed by atoms with Crippen LogP contribution in [0, 0.1) is 5.92 Å². The average Bonchev–Trinajstić information content (AvgIpc) is 3.27. The number of carbonyl (C=O) groups excluding carboxylic acids is 3. The van der Waals surface area contributed by atoms with Crippen LogP contribution in [0.3, 0.4) is 0 Å². The Morgan fingerprint density at radius 3 is 2.31 bits per heavy atom. The number of halogens is 2. The van der Waals surface area contributed by atoms with Gasteiger partial charge in [0.2, 0.25) is 5.91 Å². The Balaban J connectivity index is 1.29. The largest absolute Gasteiger partial charge is 0.497 e. The topological polar surface area (TPSA) is 94.2 Å². The number of benzene rings is 3. The van der Waals surface area contributed by atoms with E-state index in [0.717, 1.165) is 10.2 Å². The van der Waals surface area contributed by atoms with E-state index >= 15 is 0 Å². The Bertz CT molecular complexity index is 1270. The highest BCUT2D eigenvalue weighted by Crippen LogP contribution is 2.30. The number of esters is 1. The lowest BCUT2D eigenvalue weighted by atomic mass is 10.1. The molecule has 0 saturated carbocycles.